The molecule has 0 N–H and O–H groups in total. The van der Waals surface area contributed by atoms with Gasteiger partial charge in [-0.05, 0) is 12.8 Å². The summed E-state index contributed by atoms with van der Waals surface area (Å²) in [5.74, 6) is -0.252. The molecule has 2 atom stereocenters. The molecule has 0 amide bonds. The van der Waals surface area contributed by atoms with E-state index in [0.29, 0.717) is 0 Å². The van der Waals surface area contributed by atoms with Crippen LogP contribution < -0.4 is 0 Å². The fraction of sp³-hybridized carbons (Fsp3) is 0.500. The molecule has 16 heavy (non-hydrogen) atoms. The van der Waals surface area contributed by atoms with Gasteiger partial charge in [-0.1, -0.05) is 0 Å². The second-order valence-corrected chi connectivity index (χ2v) is 3.77. The molecule has 1 aliphatic rings. The van der Waals surface area contributed by atoms with Crippen LogP contribution in [-0.4, -0.2) is 19.8 Å². The number of methoxy groups -OCH3 is 1. The summed E-state index contributed by atoms with van der Waals surface area (Å²) >= 11 is 0. The van der Waals surface area contributed by atoms with Crippen molar-refractivity contribution in [3.8, 4) is 0 Å². The molecule has 2 rings (SSSR count). The number of nitrogens with zero attached hydrogens (tertiary/aromatic N) is 1. The second kappa shape index (κ2) is 6.45. The molecule has 0 spiro atoms. The molecular weight excluding hydrogens is 385 g/mol. The zero-order valence-electron chi connectivity index (χ0n) is 9.07. The average Bonchev–Trinajstić information content (AvgIpc) is 2.30. The van der Waals surface area contributed by atoms with Gasteiger partial charge in [0.1, 0.15) is 0 Å². The first-order valence-corrected chi connectivity index (χ1v) is 5.16. The van der Waals surface area contributed by atoms with E-state index < -0.39 is 0 Å². The van der Waals surface area contributed by atoms with Crippen molar-refractivity contribution in [2.45, 2.75) is 25.0 Å². The molecule has 1 saturated heterocycles. The molecule has 2 nitrogen and oxygen atoms in total. The van der Waals surface area contributed by atoms with E-state index in [-0.39, 0.29) is 38.1 Å². The van der Waals surface area contributed by atoms with Crippen molar-refractivity contribution in [3.63, 3.8) is 0 Å². The van der Waals surface area contributed by atoms with Gasteiger partial charge in [0, 0.05) is 33.0 Å². The molecule has 91 valence electrons. The predicted molar refractivity (Wildman–Crippen MR) is 56.2 cm³/mol. The number of halogens is 1. The molecule has 4 heteroatoms. The van der Waals surface area contributed by atoms with E-state index in [1.165, 1.54) is 12.1 Å². The van der Waals surface area contributed by atoms with Crippen LogP contribution in [0.4, 0.5) is 4.39 Å². The Hall–Kier alpha value is -0.281. The molecule has 0 bridgehead atoms. The van der Waals surface area contributed by atoms with Crippen LogP contribution in [0.1, 0.15) is 24.4 Å². The van der Waals surface area contributed by atoms with Crippen molar-refractivity contribution in [3.05, 3.63) is 41.0 Å². The van der Waals surface area contributed by atoms with Crippen molar-refractivity contribution in [1.82, 2.24) is 0 Å². The normalized spacial score (nSPS) is 24.9. The quantitative estimate of drug-likeness (QED) is 0.702. The van der Waals surface area contributed by atoms with Crippen molar-refractivity contribution in [2.75, 3.05) is 13.7 Å². The fourth-order valence-electron chi connectivity index (χ4n) is 1.88. The minimum Gasteiger partial charge on any atom is -0.657 e. The Balaban J connectivity index is 0.00000128. The third-order valence-electron chi connectivity index (χ3n) is 2.78. The largest absolute Gasteiger partial charge is 0.657 e. The zero-order chi connectivity index (χ0) is 10.7. The summed E-state index contributed by atoms with van der Waals surface area (Å²) < 4.78 is 18.0. The number of rotatable bonds is 2. The third kappa shape index (κ3) is 3.36. The van der Waals surface area contributed by atoms with Gasteiger partial charge < -0.3 is 10.1 Å². The predicted octanol–water partition coefficient (Wildman–Crippen LogP) is 2.85. The van der Waals surface area contributed by atoms with E-state index in [4.69, 9.17) is 4.74 Å². The van der Waals surface area contributed by atoms with Gasteiger partial charge in [0.2, 0.25) is 0 Å². The molecule has 1 aliphatic heterocycles. The minimum absolute atomic E-state index is 0. The number of hydrogen-bond donors (Lipinski definition) is 0. The standard InChI is InChI=1S/C12H14FNO.Ir/c1-15-11-6-7-14-12(8-11)9-2-4-10(13)5-3-9;/h2,4-5,11-12H,6-8H2,1H3;/q-2;. The Labute approximate surface area is 109 Å². The molecule has 0 aromatic heterocycles. The van der Waals surface area contributed by atoms with Gasteiger partial charge in [-0.2, -0.15) is 17.7 Å². The van der Waals surface area contributed by atoms with Crippen LogP contribution in [0.25, 0.3) is 5.32 Å². The first-order chi connectivity index (χ1) is 7.29. The number of ether oxygens (including phenoxy) is 1. The minimum atomic E-state index is -0.252. The van der Waals surface area contributed by atoms with Crippen LogP contribution >= 0.6 is 0 Å². The van der Waals surface area contributed by atoms with Crippen LogP contribution in [0, 0.1) is 11.9 Å². The molecular formula is C12H14FIrNO-2. The molecule has 1 fully saturated rings. The first kappa shape index (κ1) is 13.8. The smallest absolute Gasteiger partial charge is 0.0543 e. The second-order valence-electron chi connectivity index (χ2n) is 3.77. The van der Waals surface area contributed by atoms with E-state index in [0.717, 1.165) is 24.9 Å². The van der Waals surface area contributed by atoms with Gasteiger partial charge in [0.25, 0.3) is 0 Å². The summed E-state index contributed by atoms with van der Waals surface area (Å²) in [5.41, 5.74) is 0.957. The van der Waals surface area contributed by atoms with E-state index >= 15 is 0 Å². The maximum absolute atomic E-state index is 12.7. The van der Waals surface area contributed by atoms with Gasteiger partial charge in [-0.15, -0.1) is 24.7 Å². The summed E-state index contributed by atoms with van der Waals surface area (Å²) in [5, 5.41) is 4.49. The average molecular weight is 399 g/mol. The summed E-state index contributed by atoms with van der Waals surface area (Å²) in [7, 11) is 1.72. The summed E-state index contributed by atoms with van der Waals surface area (Å²) in [6, 6.07) is 7.61. The van der Waals surface area contributed by atoms with Crippen LogP contribution in [0.2, 0.25) is 0 Å². The number of benzene rings is 1. The van der Waals surface area contributed by atoms with Gasteiger partial charge in [-0.25, -0.2) is 0 Å². The van der Waals surface area contributed by atoms with Crippen LogP contribution in [0.5, 0.6) is 0 Å². The van der Waals surface area contributed by atoms with Crippen molar-refractivity contribution in [2.24, 2.45) is 0 Å². The SMILES string of the molecule is COC1CC[N-]C(c2[c-]cc(F)cc2)C1.[Ir]. The Kier molecular flexibility index (Phi) is 5.56. The molecule has 1 heterocycles. The summed E-state index contributed by atoms with van der Waals surface area (Å²) in [6.07, 6.45) is 2.12. The molecule has 1 radical (unpaired) electrons. The number of piperidine rings is 1. The van der Waals surface area contributed by atoms with Crippen LogP contribution in [0.3, 0.4) is 0 Å². The maximum Gasteiger partial charge on any atom is 0.0543 e. The van der Waals surface area contributed by atoms with E-state index in [2.05, 4.69) is 11.4 Å². The van der Waals surface area contributed by atoms with Gasteiger partial charge in [-0.3, -0.25) is 4.39 Å². The van der Waals surface area contributed by atoms with Crippen LogP contribution in [0.15, 0.2) is 18.2 Å². The Morgan fingerprint density at radius 1 is 1.50 bits per heavy atom. The first-order valence-electron chi connectivity index (χ1n) is 5.16. The third-order valence-corrected chi connectivity index (χ3v) is 2.78. The molecule has 0 aliphatic carbocycles. The monoisotopic (exact) mass is 400 g/mol. The van der Waals surface area contributed by atoms with Crippen molar-refractivity contribution >= 4 is 0 Å². The molecule has 2 unspecified atom stereocenters. The van der Waals surface area contributed by atoms with E-state index in [9.17, 15) is 4.39 Å². The maximum atomic E-state index is 12.7. The Bertz CT molecular complexity index is 317. The van der Waals surface area contributed by atoms with Gasteiger partial charge in [0.05, 0.1) is 6.10 Å². The Morgan fingerprint density at radius 3 is 2.94 bits per heavy atom. The zero-order valence-corrected chi connectivity index (χ0v) is 11.5. The molecule has 0 saturated carbocycles. The summed E-state index contributed by atoms with van der Waals surface area (Å²) in [6.45, 7) is 0.814. The Morgan fingerprint density at radius 2 is 2.31 bits per heavy atom. The molecule has 1 aromatic rings. The van der Waals surface area contributed by atoms with E-state index in [1.807, 2.05) is 0 Å². The topological polar surface area (TPSA) is 23.3 Å². The van der Waals surface area contributed by atoms with Gasteiger partial charge >= 0.3 is 0 Å². The van der Waals surface area contributed by atoms with Crippen LogP contribution in [-0.2, 0) is 24.8 Å². The fourth-order valence-corrected chi connectivity index (χ4v) is 1.88. The summed E-state index contributed by atoms with van der Waals surface area (Å²) in [4.78, 5) is 0. The van der Waals surface area contributed by atoms with Crippen molar-refractivity contribution < 1.29 is 29.2 Å². The number of hydrogen-bond acceptors (Lipinski definition) is 1. The van der Waals surface area contributed by atoms with Gasteiger partial charge in [0.15, 0.2) is 0 Å². The van der Waals surface area contributed by atoms with E-state index in [1.54, 1.807) is 13.2 Å². The van der Waals surface area contributed by atoms with Crippen molar-refractivity contribution in [1.29, 1.82) is 0 Å². The molecule has 1 aromatic carbocycles.